The van der Waals surface area contributed by atoms with Gasteiger partial charge in [0.2, 0.25) is 5.82 Å². The minimum absolute atomic E-state index is 0.569. The maximum Gasteiger partial charge on any atom is 0.310 e. The van der Waals surface area contributed by atoms with Crippen molar-refractivity contribution in [3.63, 3.8) is 0 Å². The standard InChI is InChI=1S/C33H20N8O/c1-42-41-32-24-16-8-6-14-22(24)30(39-32)37-28-20-12-4-2-10-18(20)26(35-28)34-27-19-11-3-5-13-21(19)29(36-27)38-31-23-15-7-9-17-25(23)33(41)40-31/h2-17H,1H3,(H,35,36,39,40)/p+1. The molecule has 9 heteroatoms. The second kappa shape index (κ2) is 8.52. The number of fused-ring (bicyclic) bond motifs is 20. The van der Waals surface area contributed by atoms with Crippen LogP contribution in [0.2, 0.25) is 0 Å². The fourth-order valence-electron chi connectivity index (χ4n) is 5.91. The van der Waals surface area contributed by atoms with Crippen LogP contribution in [0.15, 0.2) is 97.1 Å². The van der Waals surface area contributed by atoms with Crippen LogP contribution >= 0.6 is 0 Å². The maximum atomic E-state index is 6.03. The Kier molecular flexibility index (Phi) is 4.63. The van der Waals surface area contributed by atoms with E-state index in [4.69, 9.17) is 29.8 Å². The van der Waals surface area contributed by atoms with Gasteiger partial charge >= 0.3 is 5.82 Å². The van der Waals surface area contributed by atoms with E-state index in [1.807, 2.05) is 97.1 Å². The first-order valence-electron chi connectivity index (χ1n) is 13.6. The van der Waals surface area contributed by atoms with Crippen LogP contribution in [0.25, 0.3) is 90.4 Å². The Hall–Kier alpha value is -5.96. The number of nitrogens with one attached hydrogen (secondary N) is 2. The Labute approximate surface area is 238 Å². The van der Waals surface area contributed by atoms with E-state index in [1.54, 1.807) is 11.8 Å². The molecule has 5 heterocycles. The largest absolute Gasteiger partial charge is 0.359 e. The summed E-state index contributed by atoms with van der Waals surface area (Å²) in [5.41, 5.74) is 6.93. The van der Waals surface area contributed by atoms with Gasteiger partial charge in [-0.3, -0.25) is 4.98 Å². The van der Waals surface area contributed by atoms with Crippen molar-refractivity contribution < 1.29 is 9.57 Å². The quantitative estimate of drug-likeness (QED) is 0.255. The van der Waals surface area contributed by atoms with Crippen LogP contribution in [0.4, 0.5) is 0 Å². The van der Waals surface area contributed by atoms with Gasteiger partial charge in [0, 0.05) is 33.2 Å². The Balaban J connectivity index is 1.51. The zero-order valence-corrected chi connectivity index (χ0v) is 22.3. The molecule has 0 amide bonds. The summed E-state index contributed by atoms with van der Waals surface area (Å²) < 4.78 is 1.72. The van der Waals surface area contributed by atoms with Gasteiger partial charge in [-0.1, -0.05) is 77.8 Å². The molecule has 42 heavy (non-hydrogen) atoms. The van der Waals surface area contributed by atoms with Gasteiger partial charge in [-0.05, 0) is 29.0 Å². The van der Waals surface area contributed by atoms with E-state index in [2.05, 4.69) is 9.97 Å². The van der Waals surface area contributed by atoms with E-state index in [-0.39, 0.29) is 0 Å². The van der Waals surface area contributed by atoms with Crippen molar-refractivity contribution in [2.45, 2.75) is 0 Å². The molecule has 2 N–H and O–H groups in total. The molecule has 0 saturated carbocycles. The molecule has 9 nitrogen and oxygen atoms in total. The van der Waals surface area contributed by atoms with Crippen LogP contribution in [-0.2, 0) is 0 Å². The molecular formula is C33H21N8O+. The van der Waals surface area contributed by atoms with E-state index in [0.29, 0.717) is 46.2 Å². The topological polar surface area (TPSA) is 109 Å². The number of benzene rings is 4. The van der Waals surface area contributed by atoms with Crippen molar-refractivity contribution in [1.82, 2.24) is 34.9 Å². The van der Waals surface area contributed by atoms with Crippen LogP contribution in [0, 0.1) is 0 Å². The average molecular weight is 546 g/mol. The highest BCUT2D eigenvalue weighted by molar-refractivity contribution is 6.03. The maximum absolute atomic E-state index is 6.03. The zero-order valence-electron chi connectivity index (χ0n) is 22.3. The van der Waals surface area contributed by atoms with Crippen LogP contribution in [-0.4, -0.2) is 42.0 Å². The lowest BCUT2D eigenvalue weighted by Gasteiger charge is -2.01. The molecule has 4 aromatic carbocycles. The summed E-state index contributed by atoms with van der Waals surface area (Å²) in [5, 5.41) is 1.88. The summed E-state index contributed by atoms with van der Waals surface area (Å²) in [5.74, 6) is 3.71. The van der Waals surface area contributed by atoms with Crippen molar-refractivity contribution in [1.29, 1.82) is 0 Å². The Morgan fingerprint density at radius 2 is 1.00 bits per heavy atom. The lowest BCUT2D eigenvalue weighted by molar-refractivity contribution is -0.858. The highest BCUT2D eigenvalue weighted by atomic mass is 16.6. The molecule has 0 atom stereocenters. The monoisotopic (exact) mass is 545 g/mol. The molecule has 0 unspecified atom stereocenters. The van der Waals surface area contributed by atoms with Gasteiger partial charge in [0.25, 0.3) is 5.65 Å². The average Bonchev–Trinajstić information content (AvgIpc) is 3.77. The molecule has 198 valence electrons. The molecule has 3 aliphatic heterocycles. The SMILES string of the molecule is CO[n+]1c2nc([nH]c3nc(nc4nc(nc5[nH]c1c1ccccc51)-c1ccccc1-4)-c1ccccc1-3)-c1ccccc1-2. The van der Waals surface area contributed by atoms with Crippen molar-refractivity contribution in [2.75, 3.05) is 7.11 Å². The number of aromatic amines is 2. The molecule has 2 aromatic heterocycles. The highest BCUT2D eigenvalue weighted by Gasteiger charge is 2.29. The first-order valence-corrected chi connectivity index (χ1v) is 13.6. The minimum Gasteiger partial charge on any atom is -0.359 e. The predicted octanol–water partition coefficient (Wildman–Crippen LogP) is 5.72. The van der Waals surface area contributed by atoms with Crippen molar-refractivity contribution >= 4 is 22.1 Å². The van der Waals surface area contributed by atoms with Gasteiger partial charge in [0.1, 0.15) is 12.9 Å². The zero-order chi connectivity index (χ0) is 27.8. The van der Waals surface area contributed by atoms with E-state index < -0.39 is 0 Å². The van der Waals surface area contributed by atoms with Crippen LogP contribution < -0.4 is 9.57 Å². The summed E-state index contributed by atoms with van der Waals surface area (Å²) >= 11 is 0. The molecular weight excluding hydrogens is 524 g/mol. The second-order valence-corrected chi connectivity index (χ2v) is 10.2. The molecule has 8 bridgehead atoms. The fourth-order valence-corrected chi connectivity index (χ4v) is 5.91. The van der Waals surface area contributed by atoms with E-state index >= 15 is 0 Å². The van der Waals surface area contributed by atoms with Crippen LogP contribution in [0.1, 0.15) is 0 Å². The molecule has 0 fully saturated rings. The minimum atomic E-state index is 0.569. The van der Waals surface area contributed by atoms with Crippen LogP contribution in [0.5, 0.6) is 0 Å². The number of nitrogens with zero attached hydrogens (tertiary/aromatic N) is 6. The number of H-pyrrole nitrogens is 2. The first kappa shape index (κ1) is 22.8. The summed E-state index contributed by atoms with van der Waals surface area (Å²) in [7, 11) is 1.64. The normalized spacial score (nSPS) is 11.9. The van der Waals surface area contributed by atoms with E-state index in [1.165, 1.54) is 0 Å². The first-order chi connectivity index (χ1) is 20.8. The smallest absolute Gasteiger partial charge is 0.310 e. The van der Waals surface area contributed by atoms with Gasteiger partial charge in [0.05, 0.1) is 10.9 Å². The van der Waals surface area contributed by atoms with Gasteiger partial charge in [-0.25, -0.2) is 15.0 Å². The van der Waals surface area contributed by atoms with Crippen molar-refractivity contribution in [3.05, 3.63) is 97.1 Å². The predicted molar refractivity (Wildman–Crippen MR) is 159 cm³/mol. The molecule has 0 radical (unpaired) electrons. The summed E-state index contributed by atoms with van der Waals surface area (Å²) in [6.07, 6.45) is 0. The third-order valence-corrected chi connectivity index (χ3v) is 7.82. The van der Waals surface area contributed by atoms with Gasteiger partial charge in [-0.15, -0.1) is 0 Å². The Bertz CT molecular complexity index is 2320. The second-order valence-electron chi connectivity index (χ2n) is 10.2. The number of aromatic nitrogens is 8. The Morgan fingerprint density at radius 3 is 1.69 bits per heavy atom. The highest BCUT2D eigenvalue weighted by Crippen LogP contribution is 2.38. The molecule has 3 aliphatic rings. The molecule has 9 rings (SSSR count). The van der Waals surface area contributed by atoms with E-state index in [0.717, 1.165) is 44.2 Å². The van der Waals surface area contributed by atoms with Gasteiger partial charge in [-0.2, -0.15) is 4.98 Å². The summed E-state index contributed by atoms with van der Waals surface area (Å²) in [4.78, 5) is 38.1. The van der Waals surface area contributed by atoms with Gasteiger partial charge < -0.3 is 9.82 Å². The summed E-state index contributed by atoms with van der Waals surface area (Å²) in [6, 6.07) is 32.2. The van der Waals surface area contributed by atoms with Crippen LogP contribution in [0.3, 0.4) is 0 Å². The number of hydrogen-bond acceptors (Lipinski definition) is 6. The molecule has 0 spiro atoms. The molecule has 0 aliphatic carbocycles. The number of rotatable bonds is 1. The Morgan fingerprint density at radius 1 is 0.500 bits per heavy atom. The third-order valence-electron chi connectivity index (χ3n) is 7.82. The van der Waals surface area contributed by atoms with Crippen molar-refractivity contribution in [3.8, 4) is 68.3 Å². The summed E-state index contributed by atoms with van der Waals surface area (Å²) in [6.45, 7) is 0. The number of hydrogen-bond donors (Lipinski definition) is 2. The fraction of sp³-hybridized carbons (Fsp3) is 0.0303. The lowest BCUT2D eigenvalue weighted by Crippen LogP contribution is -2.43. The molecule has 0 saturated heterocycles. The lowest BCUT2D eigenvalue weighted by atomic mass is 10.1. The van der Waals surface area contributed by atoms with E-state index in [9.17, 15) is 0 Å². The van der Waals surface area contributed by atoms with Gasteiger partial charge in [0.15, 0.2) is 23.1 Å². The molecule has 6 aromatic rings. The third kappa shape index (κ3) is 3.18. The van der Waals surface area contributed by atoms with Crippen molar-refractivity contribution in [2.24, 2.45) is 0 Å².